The number of alkyl halides is 2. The van der Waals surface area contributed by atoms with Gasteiger partial charge in [-0.15, -0.1) is 11.3 Å². The average molecular weight is 271 g/mol. The number of halogens is 2. The van der Waals surface area contributed by atoms with Crippen LogP contribution < -0.4 is 0 Å². The molecule has 0 atom stereocenters. The smallest absolute Gasteiger partial charge is 0.263 e. The van der Waals surface area contributed by atoms with Gasteiger partial charge in [0.15, 0.2) is 0 Å². The van der Waals surface area contributed by atoms with E-state index in [9.17, 15) is 13.6 Å². The second-order valence-corrected chi connectivity index (χ2v) is 6.35. The highest BCUT2D eigenvalue weighted by Crippen LogP contribution is 2.65. The molecule has 1 spiro atoms. The zero-order valence-corrected chi connectivity index (χ0v) is 11.0. The normalized spacial score (nSPS) is 24.3. The van der Waals surface area contributed by atoms with E-state index in [-0.39, 0.29) is 12.3 Å². The summed E-state index contributed by atoms with van der Waals surface area (Å²) in [6, 6.07) is 1.86. The molecule has 18 heavy (non-hydrogen) atoms. The summed E-state index contributed by atoms with van der Waals surface area (Å²) in [5, 5.41) is 1.94. The van der Waals surface area contributed by atoms with Crippen molar-refractivity contribution >= 4 is 17.2 Å². The minimum atomic E-state index is -2.48. The molecule has 0 bridgehead atoms. The van der Waals surface area contributed by atoms with Gasteiger partial charge in [0.25, 0.3) is 11.8 Å². The summed E-state index contributed by atoms with van der Waals surface area (Å²) in [5.41, 5.74) is 0.292. The Kier molecular flexibility index (Phi) is 2.52. The summed E-state index contributed by atoms with van der Waals surface area (Å²) in [5.74, 6) is -2.49. The van der Waals surface area contributed by atoms with Gasteiger partial charge in [-0.1, -0.05) is 0 Å². The third-order valence-corrected chi connectivity index (χ3v) is 5.20. The van der Waals surface area contributed by atoms with Crippen LogP contribution in [0.25, 0.3) is 0 Å². The Morgan fingerprint density at radius 3 is 2.44 bits per heavy atom. The van der Waals surface area contributed by atoms with Crippen molar-refractivity contribution in [3.8, 4) is 0 Å². The minimum absolute atomic E-state index is 0.00748. The van der Waals surface area contributed by atoms with Crippen LogP contribution in [-0.2, 0) is 0 Å². The predicted molar refractivity (Wildman–Crippen MR) is 66.2 cm³/mol. The Labute approximate surface area is 109 Å². The van der Waals surface area contributed by atoms with Crippen LogP contribution in [0.2, 0.25) is 0 Å². The number of rotatable bonds is 1. The molecule has 0 radical (unpaired) electrons. The summed E-state index contributed by atoms with van der Waals surface area (Å²) in [6.45, 7) is 2.87. The molecule has 0 aromatic carbocycles. The quantitative estimate of drug-likeness (QED) is 0.767. The Hall–Kier alpha value is -0.970. The van der Waals surface area contributed by atoms with Crippen LogP contribution in [-0.4, -0.2) is 29.8 Å². The third-order valence-electron chi connectivity index (χ3n) is 4.16. The molecule has 1 aromatic rings. The lowest BCUT2D eigenvalue weighted by molar-refractivity contribution is 0.0286. The fourth-order valence-electron chi connectivity index (χ4n) is 2.76. The molecular weight excluding hydrogens is 256 g/mol. The highest BCUT2D eigenvalue weighted by atomic mass is 32.1. The molecule has 2 heterocycles. The van der Waals surface area contributed by atoms with E-state index in [0.717, 1.165) is 5.56 Å². The maximum Gasteiger partial charge on any atom is 0.263 e. The zero-order chi connectivity index (χ0) is 13.0. The topological polar surface area (TPSA) is 20.3 Å². The van der Waals surface area contributed by atoms with Crippen LogP contribution in [0.4, 0.5) is 8.78 Å². The molecule has 1 amide bonds. The lowest BCUT2D eigenvalue weighted by atomic mass is 9.93. The maximum absolute atomic E-state index is 13.2. The van der Waals surface area contributed by atoms with Gasteiger partial charge in [0.2, 0.25) is 0 Å². The summed E-state index contributed by atoms with van der Waals surface area (Å²) < 4.78 is 26.5. The lowest BCUT2D eigenvalue weighted by Gasteiger charge is -2.32. The Bertz CT molecular complexity index is 489. The second-order valence-electron chi connectivity index (χ2n) is 5.44. The molecule has 1 aliphatic heterocycles. The highest BCUT2D eigenvalue weighted by molar-refractivity contribution is 7.12. The van der Waals surface area contributed by atoms with Crippen molar-refractivity contribution in [2.75, 3.05) is 13.1 Å². The lowest BCUT2D eigenvalue weighted by Crippen LogP contribution is -2.40. The van der Waals surface area contributed by atoms with Crippen molar-refractivity contribution in [2.24, 2.45) is 5.41 Å². The van der Waals surface area contributed by atoms with Crippen molar-refractivity contribution in [1.29, 1.82) is 0 Å². The maximum atomic E-state index is 13.2. The summed E-state index contributed by atoms with van der Waals surface area (Å²) in [7, 11) is 0. The number of carbonyl (C=O) groups is 1. The highest BCUT2D eigenvalue weighted by Gasteiger charge is 2.70. The number of carbonyl (C=O) groups excluding carboxylic acids is 1. The fraction of sp³-hybridized carbons (Fsp3) is 0.615. The molecule has 3 rings (SSSR count). The SMILES string of the molecule is Cc1csc(C(=O)N2CCC3(CC2)CC3(F)F)c1. The first-order chi connectivity index (χ1) is 8.44. The fourth-order valence-corrected chi connectivity index (χ4v) is 3.63. The van der Waals surface area contributed by atoms with Gasteiger partial charge in [0, 0.05) is 24.9 Å². The number of nitrogens with zero attached hydrogens (tertiary/aromatic N) is 1. The van der Waals surface area contributed by atoms with E-state index in [2.05, 4.69) is 0 Å². The summed E-state index contributed by atoms with van der Waals surface area (Å²) >= 11 is 1.43. The number of amides is 1. The number of likely N-dealkylation sites (tertiary alicyclic amines) is 1. The number of aryl methyl sites for hydroxylation is 1. The van der Waals surface area contributed by atoms with Crippen LogP contribution in [0, 0.1) is 12.3 Å². The van der Waals surface area contributed by atoms with Gasteiger partial charge in [-0.2, -0.15) is 0 Å². The molecule has 2 aliphatic rings. The molecule has 1 saturated carbocycles. The van der Waals surface area contributed by atoms with Crippen LogP contribution in [0.3, 0.4) is 0 Å². The summed E-state index contributed by atoms with van der Waals surface area (Å²) in [4.78, 5) is 14.6. The van der Waals surface area contributed by atoms with Crippen LogP contribution in [0.1, 0.15) is 34.5 Å². The molecule has 98 valence electrons. The Morgan fingerprint density at radius 1 is 1.39 bits per heavy atom. The van der Waals surface area contributed by atoms with E-state index >= 15 is 0 Å². The van der Waals surface area contributed by atoms with Gasteiger partial charge < -0.3 is 4.90 Å². The number of hydrogen-bond donors (Lipinski definition) is 0. The first kappa shape index (κ1) is 12.1. The van der Waals surface area contributed by atoms with E-state index in [1.165, 1.54) is 11.3 Å². The van der Waals surface area contributed by atoms with Gasteiger partial charge in [0.1, 0.15) is 0 Å². The molecular formula is C13H15F2NOS. The number of thiophene rings is 1. The minimum Gasteiger partial charge on any atom is -0.338 e. The molecule has 1 aromatic heterocycles. The second kappa shape index (κ2) is 3.76. The first-order valence-electron chi connectivity index (χ1n) is 6.16. The van der Waals surface area contributed by atoms with Gasteiger partial charge in [0.05, 0.1) is 4.88 Å². The molecule has 2 nitrogen and oxygen atoms in total. The summed E-state index contributed by atoms with van der Waals surface area (Å²) in [6.07, 6.45) is 0.895. The van der Waals surface area contributed by atoms with E-state index in [0.29, 0.717) is 30.8 Å². The molecule has 0 unspecified atom stereocenters. The van der Waals surface area contributed by atoms with E-state index in [4.69, 9.17) is 0 Å². The van der Waals surface area contributed by atoms with Gasteiger partial charge in [-0.05, 0) is 36.8 Å². The number of hydrogen-bond acceptors (Lipinski definition) is 2. The molecule has 2 fully saturated rings. The van der Waals surface area contributed by atoms with E-state index < -0.39 is 11.3 Å². The van der Waals surface area contributed by atoms with Gasteiger partial charge >= 0.3 is 0 Å². The number of piperidine rings is 1. The van der Waals surface area contributed by atoms with Crippen molar-refractivity contribution in [2.45, 2.75) is 32.1 Å². The third kappa shape index (κ3) is 1.76. The van der Waals surface area contributed by atoms with Gasteiger partial charge in [-0.3, -0.25) is 4.79 Å². The standard InChI is InChI=1S/C13H15F2NOS/c1-9-6-10(18-7-9)11(17)16-4-2-12(3-5-16)8-13(12,14)15/h6-7H,2-5,8H2,1H3. The predicted octanol–water partition coefficient (Wildman–Crippen LogP) is 3.32. The molecule has 1 aliphatic carbocycles. The molecule has 5 heteroatoms. The van der Waals surface area contributed by atoms with Crippen molar-refractivity contribution in [1.82, 2.24) is 4.90 Å². The average Bonchev–Trinajstić information content (AvgIpc) is 2.69. The van der Waals surface area contributed by atoms with Gasteiger partial charge in [-0.25, -0.2) is 8.78 Å². The zero-order valence-electron chi connectivity index (χ0n) is 10.2. The monoisotopic (exact) mass is 271 g/mol. The Balaban J connectivity index is 1.65. The molecule has 0 N–H and O–H groups in total. The van der Waals surface area contributed by atoms with Crippen LogP contribution in [0.15, 0.2) is 11.4 Å². The van der Waals surface area contributed by atoms with Crippen LogP contribution >= 0.6 is 11.3 Å². The van der Waals surface area contributed by atoms with Crippen molar-refractivity contribution in [3.63, 3.8) is 0 Å². The van der Waals surface area contributed by atoms with Crippen molar-refractivity contribution in [3.05, 3.63) is 21.9 Å². The van der Waals surface area contributed by atoms with Crippen molar-refractivity contribution < 1.29 is 13.6 Å². The van der Waals surface area contributed by atoms with Crippen LogP contribution in [0.5, 0.6) is 0 Å². The largest absolute Gasteiger partial charge is 0.338 e. The molecule has 1 saturated heterocycles. The van der Waals surface area contributed by atoms with E-state index in [1.807, 2.05) is 18.4 Å². The Morgan fingerprint density at radius 2 is 2.00 bits per heavy atom. The van der Waals surface area contributed by atoms with E-state index in [1.54, 1.807) is 4.90 Å². The first-order valence-corrected chi connectivity index (χ1v) is 7.04.